The second-order valence-corrected chi connectivity index (χ2v) is 7.99. The van der Waals surface area contributed by atoms with E-state index in [1.165, 1.54) is 11.8 Å². The molecule has 27 heavy (non-hydrogen) atoms. The first-order valence-corrected chi connectivity index (χ1v) is 10.2. The molecule has 0 aliphatic rings. The largest absolute Gasteiger partial charge is 0.323 e. The number of halogens is 2. The van der Waals surface area contributed by atoms with Gasteiger partial charge in [-0.2, -0.15) is 5.10 Å². The van der Waals surface area contributed by atoms with Crippen molar-refractivity contribution in [1.82, 2.24) is 9.78 Å². The summed E-state index contributed by atoms with van der Waals surface area (Å²) in [5.41, 5.74) is 3.41. The molecule has 7 heteroatoms. The Morgan fingerprint density at radius 1 is 1.15 bits per heavy atom. The number of amides is 1. The number of para-hydroxylation sites is 1. The maximum Gasteiger partial charge on any atom is 0.225 e. The van der Waals surface area contributed by atoms with Gasteiger partial charge >= 0.3 is 0 Å². The standard InChI is InChI=1S/C20H19Cl2N3OS/c1-13-20(14(2)25(24-13)16-6-4-3-5-7-16)23-19(26)10-11-27-18-12-15(21)8-9-17(18)22/h3-9,12H,10-11H2,1-2H3,(H,23,26). The van der Waals surface area contributed by atoms with Gasteiger partial charge in [-0.15, -0.1) is 11.8 Å². The fourth-order valence-electron chi connectivity index (χ4n) is 2.69. The van der Waals surface area contributed by atoms with Crippen LogP contribution < -0.4 is 5.32 Å². The van der Waals surface area contributed by atoms with Crippen LogP contribution >= 0.6 is 35.0 Å². The van der Waals surface area contributed by atoms with E-state index in [1.54, 1.807) is 12.1 Å². The number of nitrogens with zero attached hydrogens (tertiary/aromatic N) is 2. The molecule has 0 fully saturated rings. The molecule has 0 bridgehead atoms. The lowest BCUT2D eigenvalue weighted by Gasteiger charge is -2.08. The molecule has 1 N–H and O–H groups in total. The van der Waals surface area contributed by atoms with Gasteiger partial charge in [-0.3, -0.25) is 4.79 Å². The highest BCUT2D eigenvalue weighted by molar-refractivity contribution is 7.99. The summed E-state index contributed by atoms with van der Waals surface area (Å²) in [6.07, 6.45) is 0.364. The Balaban J connectivity index is 1.63. The molecule has 0 saturated heterocycles. The summed E-state index contributed by atoms with van der Waals surface area (Å²) in [6, 6.07) is 15.2. The highest BCUT2D eigenvalue weighted by Crippen LogP contribution is 2.30. The van der Waals surface area contributed by atoms with Crippen LogP contribution in [0.2, 0.25) is 10.0 Å². The van der Waals surface area contributed by atoms with Gasteiger partial charge in [0.2, 0.25) is 5.91 Å². The van der Waals surface area contributed by atoms with Crippen molar-refractivity contribution in [3.8, 4) is 5.69 Å². The molecule has 3 rings (SSSR count). The van der Waals surface area contributed by atoms with Crippen molar-refractivity contribution < 1.29 is 4.79 Å². The third kappa shape index (κ3) is 4.86. The van der Waals surface area contributed by atoms with E-state index in [9.17, 15) is 4.79 Å². The monoisotopic (exact) mass is 419 g/mol. The zero-order valence-corrected chi connectivity index (χ0v) is 17.3. The predicted octanol–water partition coefficient (Wildman–Crippen LogP) is 5.92. The smallest absolute Gasteiger partial charge is 0.225 e. The molecule has 4 nitrogen and oxygen atoms in total. The zero-order valence-electron chi connectivity index (χ0n) is 15.0. The summed E-state index contributed by atoms with van der Waals surface area (Å²) in [4.78, 5) is 13.3. The normalized spacial score (nSPS) is 10.8. The van der Waals surface area contributed by atoms with Gasteiger partial charge in [-0.25, -0.2) is 4.68 Å². The Labute approximate surface area is 172 Å². The fraction of sp³-hybridized carbons (Fsp3) is 0.200. The van der Waals surface area contributed by atoms with Crippen LogP contribution in [-0.4, -0.2) is 21.4 Å². The van der Waals surface area contributed by atoms with Crippen molar-refractivity contribution in [3.63, 3.8) is 0 Å². The van der Waals surface area contributed by atoms with Crippen molar-refractivity contribution >= 4 is 46.6 Å². The first-order chi connectivity index (χ1) is 13.0. The summed E-state index contributed by atoms with van der Waals surface area (Å²) in [7, 11) is 0. The Bertz CT molecular complexity index is 957. The Morgan fingerprint density at radius 2 is 1.89 bits per heavy atom. The molecular formula is C20H19Cl2N3OS. The van der Waals surface area contributed by atoms with Gasteiger partial charge in [0.25, 0.3) is 0 Å². The molecule has 1 amide bonds. The molecule has 0 spiro atoms. The Kier molecular flexibility index (Phi) is 6.47. The van der Waals surface area contributed by atoms with E-state index >= 15 is 0 Å². The van der Waals surface area contributed by atoms with Gasteiger partial charge in [0.1, 0.15) is 0 Å². The number of nitrogens with one attached hydrogen (secondary N) is 1. The number of benzene rings is 2. The van der Waals surface area contributed by atoms with Crippen molar-refractivity contribution in [2.45, 2.75) is 25.2 Å². The van der Waals surface area contributed by atoms with E-state index in [-0.39, 0.29) is 5.91 Å². The predicted molar refractivity (Wildman–Crippen MR) is 113 cm³/mol. The van der Waals surface area contributed by atoms with E-state index in [0.717, 1.165) is 27.7 Å². The molecule has 0 saturated carbocycles. The first kappa shape index (κ1) is 19.8. The minimum atomic E-state index is -0.0561. The lowest BCUT2D eigenvalue weighted by molar-refractivity contribution is -0.115. The van der Waals surface area contributed by atoms with E-state index in [1.807, 2.05) is 54.9 Å². The fourth-order valence-corrected chi connectivity index (χ4v) is 4.13. The van der Waals surface area contributed by atoms with Gasteiger partial charge in [0, 0.05) is 22.1 Å². The van der Waals surface area contributed by atoms with Gasteiger partial charge in [-0.05, 0) is 44.2 Å². The number of anilines is 1. The van der Waals surface area contributed by atoms with Crippen LogP contribution in [0.3, 0.4) is 0 Å². The molecule has 0 radical (unpaired) electrons. The van der Waals surface area contributed by atoms with E-state index in [0.29, 0.717) is 22.2 Å². The van der Waals surface area contributed by atoms with Gasteiger partial charge in [0.05, 0.1) is 27.8 Å². The molecule has 140 valence electrons. The number of rotatable bonds is 6. The van der Waals surface area contributed by atoms with Crippen LogP contribution in [0.25, 0.3) is 5.69 Å². The molecule has 1 aromatic heterocycles. The van der Waals surface area contributed by atoms with Crippen molar-refractivity contribution in [2.24, 2.45) is 0 Å². The molecule has 2 aromatic carbocycles. The maximum atomic E-state index is 12.4. The number of thioether (sulfide) groups is 1. The summed E-state index contributed by atoms with van der Waals surface area (Å²) >= 11 is 13.7. The highest BCUT2D eigenvalue weighted by atomic mass is 35.5. The quantitative estimate of drug-likeness (QED) is 0.504. The van der Waals surface area contributed by atoms with Crippen molar-refractivity contribution in [1.29, 1.82) is 0 Å². The van der Waals surface area contributed by atoms with Crippen LogP contribution in [-0.2, 0) is 4.79 Å². The lowest BCUT2D eigenvalue weighted by atomic mass is 10.3. The molecule has 0 aliphatic heterocycles. The van der Waals surface area contributed by atoms with Crippen LogP contribution in [0.1, 0.15) is 17.8 Å². The maximum absolute atomic E-state index is 12.4. The minimum absolute atomic E-state index is 0.0561. The Morgan fingerprint density at radius 3 is 2.63 bits per heavy atom. The topological polar surface area (TPSA) is 46.9 Å². The van der Waals surface area contributed by atoms with Gasteiger partial charge in [-0.1, -0.05) is 41.4 Å². The molecular weight excluding hydrogens is 401 g/mol. The molecule has 0 aliphatic carbocycles. The van der Waals surface area contributed by atoms with Crippen LogP contribution in [0.4, 0.5) is 5.69 Å². The highest BCUT2D eigenvalue weighted by Gasteiger charge is 2.15. The number of carbonyl (C=O) groups excluding carboxylic acids is 1. The summed E-state index contributed by atoms with van der Waals surface area (Å²) in [5, 5.41) is 8.80. The van der Waals surface area contributed by atoms with E-state index in [4.69, 9.17) is 23.2 Å². The first-order valence-electron chi connectivity index (χ1n) is 8.45. The second kappa shape index (κ2) is 8.83. The average Bonchev–Trinajstić information content (AvgIpc) is 2.93. The third-order valence-electron chi connectivity index (χ3n) is 4.04. The molecule has 0 atom stereocenters. The van der Waals surface area contributed by atoms with Crippen molar-refractivity contribution in [2.75, 3.05) is 11.1 Å². The number of hydrogen-bond donors (Lipinski definition) is 1. The van der Waals surface area contributed by atoms with E-state index < -0.39 is 0 Å². The molecule has 1 heterocycles. The van der Waals surface area contributed by atoms with Gasteiger partial charge < -0.3 is 5.32 Å². The minimum Gasteiger partial charge on any atom is -0.323 e. The number of aryl methyl sites for hydroxylation is 1. The van der Waals surface area contributed by atoms with Gasteiger partial charge in [0.15, 0.2) is 0 Å². The van der Waals surface area contributed by atoms with E-state index in [2.05, 4.69) is 10.4 Å². The third-order valence-corrected chi connectivity index (χ3v) is 5.77. The summed E-state index contributed by atoms with van der Waals surface area (Å²) < 4.78 is 1.84. The summed E-state index contributed by atoms with van der Waals surface area (Å²) in [6.45, 7) is 3.84. The molecule has 0 unspecified atom stereocenters. The van der Waals surface area contributed by atoms with Crippen LogP contribution in [0.15, 0.2) is 53.4 Å². The Hall–Kier alpha value is -1.95. The summed E-state index contributed by atoms with van der Waals surface area (Å²) in [5.74, 6) is 0.552. The number of carbonyl (C=O) groups is 1. The zero-order chi connectivity index (χ0) is 19.4. The second-order valence-electron chi connectivity index (χ2n) is 6.01. The average molecular weight is 420 g/mol. The molecule has 3 aromatic rings. The lowest BCUT2D eigenvalue weighted by Crippen LogP contribution is -2.13. The van der Waals surface area contributed by atoms with Crippen LogP contribution in [0.5, 0.6) is 0 Å². The SMILES string of the molecule is Cc1nn(-c2ccccc2)c(C)c1NC(=O)CCSc1cc(Cl)ccc1Cl. The van der Waals surface area contributed by atoms with Crippen molar-refractivity contribution in [3.05, 3.63) is 70.0 Å². The number of aromatic nitrogens is 2. The number of hydrogen-bond acceptors (Lipinski definition) is 3. The van der Waals surface area contributed by atoms with Crippen LogP contribution in [0, 0.1) is 13.8 Å².